The number of benzene rings is 2. The van der Waals surface area contributed by atoms with Crippen molar-refractivity contribution in [3.8, 4) is 0 Å². The molecule has 11 aromatic heterocycles. The van der Waals surface area contributed by atoms with Crippen LogP contribution in [0.5, 0.6) is 0 Å². The maximum absolute atomic E-state index is 4.34. The van der Waals surface area contributed by atoms with Gasteiger partial charge < -0.3 is 0 Å². The highest BCUT2D eigenvalue weighted by molar-refractivity contribution is 5.85. The van der Waals surface area contributed by atoms with Gasteiger partial charge in [0.2, 0.25) is 0 Å². The molecule has 0 radical (unpaired) electrons. The molecule has 0 N–H and O–H groups in total. The van der Waals surface area contributed by atoms with E-state index in [1.165, 1.54) is 49.7 Å². The highest BCUT2D eigenvalue weighted by atomic mass is 15.1. The number of nitrogens with zero attached hydrogens (tertiary/aromatic N) is 18. The maximum atomic E-state index is 4.34. The molecule has 0 unspecified atom stereocenters. The van der Waals surface area contributed by atoms with Crippen LogP contribution in [-0.2, 0) is 0 Å². The first-order valence-electron chi connectivity index (χ1n) is 31.4. The minimum atomic E-state index is 0.829. The van der Waals surface area contributed by atoms with Crippen molar-refractivity contribution in [1.82, 2.24) is 90.2 Å². The van der Waals surface area contributed by atoms with Crippen LogP contribution >= 0.6 is 0 Å². The SMILES string of the molecule is Cc1cc(C)ncn1.Cc1ccc(C)c2ncccc12.Cc1ccc(C)nc1.Cc1ccc(C)nn1.Cc1ccnc(C)c1.Cc1ccnc(C)n1.Cc1ccnc2c(C)cccc12.Cc1ccnnc1C.Cc1cnc(C)cn1.Cc1cnc(C)nc1.Cc1cncc(C)n1. The van der Waals surface area contributed by atoms with E-state index in [1.807, 2.05) is 209 Å². The molecular weight excluding hydrogens is 1190 g/mol. The Bertz CT molecular complexity index is 3680. The summed E-state index contributed by atoms with van der Waals surface area (Å²) < 4.78 is 0. The Kier molecular flexibility index (Phi) is 36.3. The lowest BCUT2D eigenvalue weighted by Crippen LogP contribution is -1.86. The van der Waals surface area contributed by atoms with Gasteiger partial charge in [0, 0.05) is 114 Å². The Morgan fingerprint density at radius 3 is 1.16 bits per heavy atom. The minimum absolute atomic E-state index is 0.829. The number of aryl methyl sites for hydroxylation is 22. The van der Waals surface area contributed by atoms with Crippen LogP contribution < -0.4 is 0 Å². The van der Waals surface area contributed by atoms with Gasteiger partial charge in [0.25, 0.3) is 0 Å². The molecule has 18 heteroatoms. The summed E-state index contributed by atoms with van der Waals surface area (Å²) in [7, 11) is 0. The molecule has 96 heavy (non-hydrogen) atoms. The van der Waals surface area contributed by atoms with Crippen molar-refractivity contribution in [2.75, 3.05) is 0 Å². The van der Waals surface area contributed by atoms with Crippen molar-refractivity contribution in [3.05, 3.63) is 308 Å². The average molecular weight is 1290 g/mol. The van der Waals surface area contributed by atoms with Crippen LogP contribution in [0, 0.1) is 152 Å². The highest BCUT2D eigenvalue weighted by Crippen LogP contribution is 2.20. The zero-order valence-corrected chi connectivity index (χ0v) is 60.4. The Morgan fingerprint density at radius 1 is 0.240 bits per heavy atom. The van der Waals surface area contributed by atoms with Gasteiger partial charge in [-0.15, -0.1) is 0 Å². The number of rotatable bonds is 0. The summed E-state index contributed by atoms with van der Waals surface area (Å²) in [6, 6.07) is 34.5. The molecule has 0 aliphatic heterocycles. The Balaban J connectivity index is 0.000000276. The zero-order chi connectivity index (χ0) is 71.0. The molecule has 13 rings (SSSR count). The van der Waals surface area contributed by atoms with E-state index in [-0.39, 0.29) is 0 Å². The summed E-state index contributed by atoms with van der Waals surface area (Å²) in [4.78, 5) is 56.7. The van der Waals surface area contributed by atoms with E-state index in [2.05, 4.69) is 173 Å². The minimum Gasteiger partial charge on any atom is -0.262 e. The third-order valence-corrected chi connectivity index (χ3v) is 13.1. The Morgan fingerprint density at radius 2 is 0.740 bits per heavy atom. The second-order valence-electron chi connectivity index (χ2n) is 22.7. The van der Waals surface area contributed by atoms with Gasteiger partial charge >= 0.3 is 0 Å². The fourth-order valence-corrected chi connectivity index (χ4v) is 7.74. The lowest BCUT2D eigenvalue weighted by atomic mass is 10.1. The summed E-state index contributed by atoms with van der Waals surface area (Å²) >= 11 is 0. The lowest BCUT2D eigenvalue weighted by Gasteiger charge is -2.02. The molecule has 0 aliphatic rings. The summed E-state index contributed by atoms with van der Waals surface area (Å²) in [6.07, 6.45) is 23.1. The van der Waals surface area contributed by atoms with Crippen LogP contribution in [0.25, 0.3) is 21.8 Å². The van der Waals surface area contributed by atoms with E-state index in [9.17, 15) is 0 Å². The molecular formula is C78H96N18. The van der Waals surface area contributed by atoms with Crippen LogP contribution in [0.3, 0.4) is 0 Å². The third-order valence-electron chi connectivity index (χ3n) is 13.1. The van der Waals surface area contributed by atoms with Crippen molar-refractivity contribution >= 4 is 21.8 Å². The van der Waals surface area contributed by atoms with Crippen molar-refractivity contribution in [3.63, 3.8) is 0 Å². The Labute approximate surface area is 569 Å². The second kappa shape index (κ2) is 43.9. The molecule has 18 nitrogen and oxygen atoms in total. The van der Waals surface area contributed by atoms with Gasteiger partial charge in [-0.2, -0.15) is 20.4 Å². The number of para-hydroxylation sites is 1. The highest BCUT2D eigenvalue weighted by Gasteiger charge is 2.00. The van der Waals surface area contributed by atoms with Crippen molar-refractivity contribution < 1.29 is 0 Å². The van der Waals surface area contributed by atoms with E-state index < -0.39 is 0 Å². The summed E-state index contributed by atoms with van der Waals surface area (Å²) in [5.74, 6) is 1.67. The fraction of sp³-hybridized carbons (Fsp3) is 0.282. The van der Waals surface area contributed by atoms with Gasteiger partial charge in [-0.3, -0.25) is 39.9 Å². The topological polar surface area (TPSA) is 232 Å². The van der Waals surface area contributed by atoms with Crippen molar-refractivity contribution in [2.24, 2.45) is 0 Å². The van der Waals surface area contributed by atoms with Gasteiger partial charge in [0.05, 0.1) is 50.9 Å². The van der Waals surface area contributed by atoms with E-state index in [4.69, 9.17) is 0 Å². The van der Waals surface area contributed by atoms with E-state index in [1.54, 1.807) is 43.5 Å². The molecule has 0 aliphatic carbocycles. The van der Waals surface area contributed by atoms with E-state index in [0.717, 1.165) is 96.6 Å². The molecule has 0 bridgehead atoms. The van der Waals surface area contributed by atoms with Crippen molar-refractivity contribution in [1.29, 1.82) is 0 Å². The standard InChI is InChI=1S/2C11H11N.2C7H9N.7C6H8N2/c1-8-5-6-9(2)11-10(8)4-3-7-12-11;1-8-6-7-12-11-9(2)4-3-5-10(8)11;1-6-3-4-8-7(2)5-6;1-6-3-4-7(2)8-5-6;1-5-3-8-6(2)4-7-5;1-5-3-7-4-6(2)8-5;1-5-3-6(2)8-4-7-5;1-5-3-7-6(2)8-4-5;1-5-3-4-7-6(2)8-5;1-5-3-4-7-8-6(5)2;1-5-3-4-6(2)8-7-5/h2*3-7H,1-2H3;2*3-5H,1-2H3;7*3-4H,1-2H3. The molecule has 0 atom stereocenters. The van der Waals surface area contributed by atoms with E-state index in [0.29, 0.717) is 0 Å². The van der Waals surface area contributed by atoms with Gasteiger partial charge in [0.1, 0.15) is 18.0 Å². The van der Waals surface area contributed by atoms with Crippen LogP contribution in [0.2, 0.25) is 0 Å². The van der Waals surface area contributed by atoms with E-state index >= 15 is 0 Å². The van der Waals surface area contributed by atoms with Crippen LogP contribution in [-0.4, -0.2) is 90.2 Å². The van der Waals surface area contributed by atoms with Crippen LogP contribution in [0.1, 0.15) is 124 Å². The first-order chi connectivity index (χ1) is 45.7. The largest absolute Gasteiger partial charge is 0.262 e. The fourth-order valence-electron chi connectivity index (χ4n) is 7.74. The number of hydrogen-bond donors (Lipinski definition) is 0. The Hall–Kier alpha value is -10.9. The van der Waals surface area contributed by atoms with Gasteiger partial charge in [-0.1, -0.05) is 42.5 Å². The quantitative estimate of drug-likeness (QED) is 0.137. The molecule has 0 spiro atoms. The zero-order valence-electron chi connectivity index (χ0n) is 60.4. The predicted octanol–water partition coefficient (Wildman–Crippen LogP) is 16.8. The third kappa shape index (κ3) is 34.1. The smallest absolute Gasteiger partial charge is 0.125 e. The number of pyridine rings is 4. The first kappa shape index (κ1) is 79.4. The van der Waals surface area contributed by atoms with Gasteiger partial charge in [0.15, 0.2) is 0 Å². The molecule has 0 saturated heterocycles. The predicted molar refractivity (Wildman–Crippen MR) is 390 cm³/mol. The normalized spacial score (nSPS) is 9.56. The van der Waals surface area contributed by atoms with Gasteiger partial charge in [-0.05, 0) is 257 Å². The maximum Gasteiger partial charge on any atom is 0.125 e. The molecule has 0 fully saturated rings. The molecule has 2 aromatic carbocycles. The summed E-state index contributed by atoms with van der Waals surface area (Å²) in [5, 5.41) is 17.7. The molecule has 13 aromatic rings. The number of hydrogen-bond acceptors (Lipinski definition) is 18. The molecule has 11 heterocycles. The van der Waals surface area contributed by atoms with Crippen molar-refractivity contribution in [2.45, 2.75) is 152 Å². The van der Waals surface area contributed by atoms with Crippen LogP contribution in [0.15, 0.2) is 184 Å². The average Bonchev–Trinajstić information content (AvgIpc) is 0.835. The first-order valence-corrected chi connectivity index (χ1v) is 31.4. The summed E-state index contributed by atoms with van der Waals surface area (Å²) in [6.45, 7) is 43.6. The van der Waals surface area contributed by atoms with Crippen LogP contribution in [0.4, 0.5) is 0 Å². The number of aromatic nitrogens is 18. The monoisotopic (exact) mass is 1280 g/mol. The second-order valence-corrected chi connectivity index (χ2v) is 22.7. The number of fused-ring (bicyclic) bond motifs is 2. The summed E-state index contributed by atoms with van der Waals surface area (Å²) in [5.41, 5.74) is 24.2. The lowest BCUT2D eigenvalue weighted by molar-refractivity contribution is 0.941. The van der Waals surface area contributed by atoms with Gasteiger partial charge in [-0.25, -0.2) is 29.9 Å². The molecule has 498 valence electrons. The molecule has 0 amide bonds. The molecule has 0 saturated carbocycles.